The second-order valence-electron chi connectivity index (χ2n) is 8.33. The van der Waals surface area contributed by atoms with E-state index in [1.807, 2.05) is 32.0 Å². The SMILES string of the molecule is CCOc1cc(CN2CCN(S(=O)(=O)c3ccccc3)CC2)cc(OCC)c1-c1ccc(F)cc1. The van der Waals surface area contributed by atoms with Crippen LogP contribution in [0.5, 0.6) is 11.5 Å². The van der Waals surface area contributed by atoms with Crippen molar-refractivity contribution in [3.8, 4) is 22.6 Å². The summed E-state index contributed by atoms with van der Waals surface area (Å²) in [5, 5.41) is 0. The molecular formula is C27H31FN2O4S. The summed E-state index contributed by atoms with van der Waals surface area (Å²) in [5.74, 6) is 1.07. The van der Waals surface area contributed by atoms with Gasteiger partial charge < -0.3 is 9.47 Å². The first-order valence-corrected chi connectivity index (χ1v) is 13.3. The number of piperazine rings is 1. The van der Waals surface area contributed by atoms with Crippen LogP contribution in [0.2, 0.25) is 0 Å². The average molecular weight is 499 g/mol. The molecule has 1 aliphatic rings. The van der Waals surface area contributed by atoms with Crippen molar-refractivity contribution in [2.24, 2.45) is 0 Å². The van der Waals surface area contributed by atoms with Crippen molar-refractivity contribution in [1.29, 1.82) is 0 Å². The Balaban J connectivity index is 1.53. The van der Waals surface area contributed by atoms with Gasteiger partial charge in [0.1, 0.15) is 17.3 Å². The van der Waals surface area contributed by atoms with Gasteiger partial charge in [-0.2, -0.15) is 4.31 Å². The smallest absolute Gasteiger partial charge is 0.243 e. The molecule has 0 atom stereocenters. The number of nitrogens with zero attached hydrogens (tertiary/aromatic N) is 2. The third kappa shape index (κ3) is 5.83. The van der Waals surface area contributed by atoms with Gasteiger partial charge in [-0.05, 0) is 61.4 Å². The normalized spacial score (nSPS) is 15.2. The largest absolute Gasteiger partial charge is 0.493 e. The maximum atomic E-state index is 13.5. The maximum Gasteiger partial charge on any atom is 0.243 e. The standard InChI is InChI=1S/C27H31FN2O4S/c1-3-33-25-18-21(19-26(34-4-2)27(25)22-10-12-23(28)13-11-22)20-29-14-16-30(17-15-29)35(31,32)24-8-6-5-7-9-24/h5-13,18-19H,3-4,14-17,20H2,1-2H3. The van der Waals surface area contributed by atoms with Gasteiger partial charge in [0.2, 0.25) is 10.0 Å². The van der Waals surface area contributed by atoms with Crippen LogP contribution in [-0.2, 0) is 16.6 Å². The van der Waals surface area contributed by atoms with Crippen molar-refractivity contribution in [3.63, 3.8) is 0 Å². The molecule has 6 nitrogen and oxygen atoms in total. The van der Waals surface area contributed by atoms with Crippen molar-refractivity contribution in [3.05, 3.63) is 78.1 Å². The molecule has 1 saturated heterocycles. The predicted molar refractivity (Wildman–Crippen MR) is 135 cm³/mol. The molecule has 4 rings (SSSR count). The number of hydrogen-bond acceptors (Lipinski definition) is 5. The number of hydrogen-bond donors (Lipinski definition) is 0. The van der Waals surface area contributed by atoms with Crippen LogP contribution in [0.1, 0.15) is 19.4 Å². The first kappa shape index (κ1) is 25.2. The molecule has 0 bridgehead atoms. The molecule has 3 aromatic rings. The zero-order chi connectivity index (χ0) is 24.8. The maximum absolute atomic E-state index is 13.5. The van der Waals surface area contributed by atoms with E-state index in [-0.39, 0.29) is 5.82 Å². The van der Waals surface area contributed by atoms with E-state index in [0.29, 0.717) is 62.3 Å². The summed E-state index contributed by atoms with van der Waals surface area (Å²) in [5.41, 5.74) is 2.64. The molecule has 35 heavy (non-hydrogen) atoms. The van der Waals surface area contributed by atoms with Crippen molar-refractivity contribution < 1.29 is 22.3 Å². The molecule has 8 heteroatoms. The molecule has 0 aromatic heterocycles. The van der Waals surface area contributed by atoms with E-state index < -0.39 is 10.0 Å². The molecule has 0 unspecified atom stereocenters. The van der Waals surface area contributed by atoms with E-state index in [2.05, 4.69) is 4.90 Å². The Bertz CT molecular complexity index is 1200. The lowest BCUT2D eigenvalue weighted by Gasteiger charge is -2.34. The topological polar surface area (TPSA) is 59.1 Å². The van der Waals surface area contributed by atoms with Crippen LogP contribution in [0.3, 0.4) is 0 Å². The third-order valence-corrected chi connectivity index (χ3v) is 7.89. The highest BCUT2D eigenvalue weighted by Gasteiger charge is 2.28. The fourth-order valence-corrected chi connectivity index (χ4v) is 5.75. The van der Waals surface area contributed by atoms with Gasteiger partial charge in [0.25, 0.3) is 0 Å². The fourth-order valence-electron chi connectivity index (χ4n) is 4.30. The highest BCUT2D eigenvalue weighted by molar-refractivity contribution is 7.89. The van der Waals surface area contributed by atoms with E-state index in [0.717, 1.165) is 16.7 Å². The summed E-state index contributed by atoms with van der Waals surface area (Å²) >= 11 is 0. The Morgan fingerprint density at radius 2 is 1.40 bits per heavy atom. The summed E-state index contributed by atoms with van der Waals surface area (Å²) < 4.78 is 52.9. The first-order valence-electron chi connectivity index (χ1n) is 11.9. The summed E-state index contributed by atoms with van der Waals surface area (Å²) in [6, 6.07) is 18.9. The van der Waals surface area contributed by atoms with E-state index in [4.69, 9.17) is 9.47 Å². The van der Waals surface area contributed by atoms with E-state index >= 15 is 0 Å². The number of ether oxygens (including phenoxy) is 2. The zero-order valence-corrected chi connectivity index (χ0v) is 20.9. The number of halogens is 1. The molecule has 1 fully saturated rings. The Hall–Kier alpha value is -2.94. The third-order valence-electron chi connectivity index (χ3n) is 5.98. The Morgan fingerprint density at radius 1 is 0.829 bits per heavy atom. The number of sulfonamides is 1. The number of benzene rings is 3. The fraction of sp³-hybridized carbons (Fsp3) is 0.333. The van der Waals surface area contributed by atoms with Crippen molar-refractivity contribution >= 4 is 10.0 Å². The highest BCUT2D eigenvalue weighted by Crippen LogP contribution is 2.40. The molecule has 0 radical (unpaired) electrons. The molecule has 186 valence electrons. The summed E-state index contributed by atoms with van der Waals surface area (Å²) in [6.07, 6.45) is 0. The van der Waals surface area contributed by atoms with Crippen molar-refractivity contribution in [1.82, 2.24) is 9.21 Å². The van der Waals surface area contributed by atoms with Gasteiger partial charge in [-0.3, -0.25) is 4.90 Å². The van der Waals surface area contributed by atoms with E-state index in [1.165, 1.54) is 12.1 Å². The van der Waals surface area contributed by atoms with Crippen LogP contribution >= 0.6 is 0 Å². The van der Waals surface area contributed by atoms with Gasteiger partial charge in [0, 0.05) is 32.7 Å². The van der Waals surface area contributed by atoms with Crippen LogP contribution in [0.4, 0.5) is 4.39 Å². The van der Waals surface area contributed by atoms with Crippen LogP contribution < -0.4 is 9.47 Å². The Morgan fingerprint density at radius 3 is 1.94 bits per heavy atom. The van der Waals surface area contributed by atoms with Gasteiger partial charge in [-0.1, -0.05) is 30.3 Å². The summed E-state index contributed by atoms with van der Waals surface area (Å²) in [7, 11) is -3.49. The first-order chi connectivity index (χ1) is 16.9. The van der Waals surface area contributed by atoms with Gasteiger partial charge >= 0.3 is 0 Å². The summed E-state index contributed by atoms with van der Waals surface area (Å²) in [4.78, 5) is 2.56. The average Bonchev–Trinajstić information content (AvgIpc) is 2.86. The molecular weight excluding hydrogens is 467 g/mol. The van der Waals surface area contributed by atoms with Gasteiger partial charge in [0.15, 0.2) is 0 Å². The minimum Gasteiger partial charge on any atom is -0.493 e. The molecule has 0 N–H and O–H groups in total. The van der Waals surface area contributed by atoms with Crippen molar-refractivity contribution in [2.75, 3.05) is 39.4 Å². The molecule has 0 spiro atoms. The van der Waals surface area contributed by atoms with Crippen LogP contribution in [0, 0.1) is 5.82 Å². The van der Waals surface area contributed by atoms with Crippen molar-refractivity contribution in [2.45, 2.75) is 25.3 Å². The van der Waals surface area contributed by atoms with Crippen LogP contribution in [-0.4, -0.2) is 57.0 Å². The molecule has 3 aromatic carbocycles. The Labute approximate surface area is 206 Å². The minimum atomic E-state index is -3.49. The molecule has 0 amide bonds. The molecule has 0 saturated carbocycles. The van der Waals surface area contributed by atoms with Gasteiger partial charge in [-0.25, -0.2) is 12.8 Å². The quantitative estimate of drug-likeness (QED) is 0.424. The van der Waals surface area contributed by atoms with Crippen LogP contribution in [0.25, 0.3) is 11.1 Å². The second kappa shape index (κ2) is 11.2. The van der Waals surface area contributed by atoms with Gasteiger partial charge in [-0.15, -0.1) is 0 Å². The van der Waals surface area contributed by atoms with E-state index in [9.17, 15) is 12.8 Å². The number of rotatable bonds is 9. The lowest BCUT2D eigenvalue weighted by molar-refractivity contribution is 0.181. The second-order valence-corrected chi connectivity index (χ2v) is 10.3. The predicted octanol–water partition coefficient (Wildman–Crippen LogP) is 4.80. The lowest BCUT2D eigenvalue weighted by atomic mass is 10.0. The van der Waals surface area contributed by atoms with Crippen LogP contribution in [0.15, 0.2) is 71.6 Å². The molecule has 1 heterocycles. The summed E-state index contributed by atoms with van der Waals surface area (Å²) in [6.45, 7) is 7.58. The minimum absolute atomic E-state index is 0.297. The van der Waals surface area contributed by atoms with E-state index in [1.54, 1.807) is 40.7 Å². The molecule has 0 aliphatic carbocycles. The monoisotopic (exact) mass is 498 g/mol. The molecule has 1 aliphatic heterocycles. The lowest BCUT2D eigenvalue weighted by Crippen LogP contribution is -2.48. The van der Waals surface area contributed by atoms with Gasteiger partial charge in [0.05, 0.1) is 23.7 Å². The highest BCUT2D eigenvalue weighted by atomic mass is 32.2. The zero-order valence-electron chi connectivity index (χ0n) is 20.1. The Kier molecular flexibility index (Phi) is 8.05.